The molecule has 1 saturated carbocycles. The normalized spacial score (nSPS) is 17.2. The fourth-order valence-electron chi connectivity index (χ4n) is 2.12. The maximum Gasteiger partial charge on any atom is 0.124 e. The van der Waals surface area contributed by atoms with Crippen LogP contribution in [0.2, 0.25) is 5.02 Å². The first-order valence-electron chi connectivity index (χ1n) is 6.46. The Hall–Kier alpha value is -0.640. The average Bonchev–Trinajstić information content (AvgIpc) is 3.12. The molecule has 0 aromatic heterocycles. The summed E-state index contributed by atoms with van der Waals surface area (Å²) in [5, 5.41) is 3.92. The summed E-state index contributed by atoms with van der Waals surface area (Å²) in [7, 11) is 2.16. The molecular formula is C14H20ClFN2. The molecule has 0 radical (unpaired) electrons. The summed E-state index contributed by atoms with van der Waals surface area (Å²) < 4.78 is 13.0. The second-order valence-corrected chi connectivity index (χ2v) is 5.46. The van der Waals surface area contributed by atoms with Gasteiger partial charge in [0, 0.05) is 30.2 Å². The van der Waals surface area contributed by atoms with Crippen LogP contribution in [0, 0.1) is 5.82 Å². The van der Waals surface area contributed by atoms with Crippen molar-refractivity contribution in [3.8, 4) is 0 Å². The number of hydrogen-bond donors (Lipinski definition) is 1. The van der Waals surface area contributed by atoms with Crippen LogP contribution in [0.4, 0.5) is 4.39 Å². The van der Waals surface area contributed by atoms with Crippen LogP contribution >= 0.6 is 11.6 Å². The zero-order valence-electron chi connectivity index (χ0n) is 10.9. The Kier molecular flexibility index (Phi) is 4.60. The fraction of sp³-hybridized carbons (Fsp3) is 0.571. The topological polar surface area (TPSA) is 15.3 Å². The lowest BCUT2D eigenvalue weighted by Gasteiger charge is -2.19. The molecule has 1 aromatic rings. The summed E-state index contributed by atoms with van der Waals surface area (Å²) in [6, 6.07) is 5.50. The van der Waals surface area contributed by atoms with E-state index in [1.54, 1.807) is 6.07 Å². The van der Waals surface area contributed by atoms with Gasteiger partial charge in [-0.05, 0) is 44.5 Å². The van der Waals surface area contributed by atoms with Gasteiger partial charge in [-0.1, -0.05) is 17.7 Å². The van der Waals surface area contributed by atoms with Gasteiger partial charge in [-0.2, -0.15) is 0 Å². The molecule has 0 heterocycles. The maximum absolute atomic E-state index is 13.0. The second-order valence-electron chi connectivity index (χ2n) is 5.05. The molecule has 0 bridgehead atoms. The molecule has 1 unspecified atom stereocenters. The van der Waals surface area contributed by atoms with E-state index in [0.29, 0.717) is 5.02 Å². The predicted molar refractivity (Wildman–Crippen MR) is 73.5 cm³/mol. The van der Waals surface area contributed by atoms with Gasteiger partial charge in [0.15, 0.2) is 0 Å². The number of likely N-dealkylation sites (N-methyl/N-ethyl adjacent to an activating group) is 1. The third-order valence-corrected chi connectivity index (χ3v) is 3.84. The molecule has 1 fully saturated rings. The molecule has 1 atom stereocenters. The van der Waals surface area contributed by atoms with Crippen molar-refractivity contribution < 1.29 is 4.39 Å². The molecule has 4 heteroatoms. The van der Waals surface area contributed by atoms with E-state index < -0.39 is 0 Å². The molecule has 2 rings (SSSR count). The summed E-state index contributed by atoms with van der Waals surface area (Å²) >= 11 is 6.04. The van der Waals surface area contributed by atoms with E-state index in [1.807, 2.05) is 0 Å². The molecule has 100 valence electrons. The van der Waals surface area contributed by atoms with E-state index in [9.17, 15) is 4.39 Å². The van der Waals surface area contributed by atoms with E-state index in [1.165, 1.54) is 25.0 Å². The molecule has 1 aromatic carbocycles. The molecule has 2 nitrogen and oxygen atoms in total. The molecule has 0 spiro atoms. The number of halogens is 2. The average molecular weight is 271 g/mol. The lowest BCUT2D eigenvalue weighted by molar-refractivity contribution is 0.316. The summed E-state index contributed by atoms with van der Waals surface area (Å²) in [5.74, 6) is -0.288. The maximum atomic E-state index is 13.0. The Morgan fingerprint density at radius 3 is 2.83 bits per heavy atom. The molecule has 1 aliphatic carbocycles. The van der Waals surface area contributed by atoms with Gasteiger partial charge in [0.25, 0.3) is 0 Å². The highest BCUT2D eigenvalue weighted by atomic mass is 35.5. The van der Waals surface area contributed by atoms with Crippen LogP contribution < -0.4 is 5.32 Å². The van der Waals surface area contributed by atoms with Crippen LogP contribution in [0.15, 0.2) is 18.2 Å². The van der Waals surface area contributed by atoms with E-state index >= 15 is 0 Å². The van der Waals surface area contributed by atoms with Gasteiger partial charge >= 0.3 is 0 Å². The number of nitrogens with zero attached hydrogens (tertiary/aromatic N) is 1. The van der Waals surface area contributed by atoms with Gasteiger partial charge in [-0.3, -0.25) is 0 Å². The van der Waals surface area contributed by atoms with Crippen LogP contribution in [-0.2, 0) is 0 Å². The molecule has 1 aliphatic rings. The minimum Gasteiger partial charge on any atom is -0.309 e. The summed E-state index contributed by atoms with van der Waals surface area (Å²) in [6.07, 6.45) is 2.66. The third kappa shape index (κ3) is 3.67. The van der Waals surface area contributed by atoms with Gasteiger partial charge in [0.1, 0.15) is 5.82 Å². The highest BCUT2D eigenvalue weighted by Gasteiger charge is 2.25. The first-order chi connectivity index (χ1) is 8.58. The fourth-order valence-corrected chi connectivity index (χ4v) is 2.45. The van der Waals surface area contributed by atoms with Crippen molar-refractivity contribution in [2.75, 3.05) is 20.1 Å². The summed E-state index contributed by atoms with van der Waals surface area (Å²) in [4.78, 5) is 2.38. The minimum atomic E-state index is -0.288. The largest absolute Gasteiger partial charge is 0.309 e. The van der Waals surface area contributed by atoms with E-state index in [-0.39, 0.29) is 11.9 Å². The molecule has 0 aliphatic heterocycles. The first kappa shape index (κ1) is 13.8. The molecular weight excluding hydrogens is 251 g/mol. The van der Waals surface area contributed by atoms with Crippen molar-refractivity contribution >= 4 is 11.6 Å². The highest BCUT2D eigenvalue weighted by molar-refractivity contribution is 6.31. The van der Waals surface area contributed by atoms with E-state index in [4.69, 9.17) is 11.6 Å². The van der Waals surface area contributed by atoms with E-state index in [2.05, 4.69) is 24.2 Å². The summed E-state index contributed by atoms with van der Waals surface area (Å²) in [5.41, 5.74) is 0.951. The number of hydrogen-bond acceptors (Lipinski definition) is 2. The standard InChI is InChI=1S/C14H20ClFN2/c1-10(13-6-3-11(16)9-14(13)15)17-7-8-18(2)12-4-5-12/h3,6,9-10,12,17H,4-5,7-8H2,1-2H3. The Morgan fingerprint density at radius 1 is 1.50 bits per heavy atom. The van der Waals surface area contributed by atoms with Crippen molar-refractivity contribution in [1.82, 2.24) is 10.2 Å². The number of rotatable bonds is 6. The van der Waals surface area contributed by atoms with Crippen LogP contribution in [0.25, 0.3) is 0 Å². The van der Waals surface area contributed by atoms with Crippen LogP contribution in [-0.4, -0.2) is 31.1 Å². The lowest BCUT2D eigenvalue weighted by Crippen LogP contribution is -2.32. The molecule has 18 heavy (non-hydrogen) atoms. The van der Waals surface area contributed by atoms with Gasteiger partial charge in [0.2, 0.25) is 0 Å². The number of benzene rings is 1. The molecule has 0 amide bonds. The quantitative estimate of drug-likeness (QED) is 0.854. The van der Waals surface area contributed by atoms with Gasteiger partial charge < -0.3 is 10.2 Å². The zero-order chi connectivity index (χ0) is 13.1. The summed E-state index contributed by atoms with van der Waals surface area (Å²) in [6.45, 7) is 4.01. The number of nitrogens with one attached hydrogen (secondary N) is 1. The zero-order valence-corrected chi connectivity index (χ0v) is 11.7. The third-order valence-electron chi connectivity index (χ3n) is 3.51. The second kappa shape index (κ2) is 6.00. The Morgan fingerprint density at radius 2 is 2.22 bits per heavy atom. The van der Waals surface area contributed by atoms with Crippen molar-refractivity contribution in [3.63, 3.8) is 0 Å². The first-order valence-corrected chi connectivity index (χ1v) is 6.84. The SMILES string of the molecule is CC(NCCN(C)C1CC1)c1ccc(F)cc1Cl. The highest BCUT2D eigenvalue weighted by Crippen LogP contribution is 2.25. The van der Waals surface area contributed by atoms with Crippen LogP contribution in [0.5, 0.6) is 0 Å². The Balaban J connectivity index is 1.81. The van der Waals surface area contributed by atoms with E-state index in [0.717, 1.165) is 24.7 Å². The smallest absolute Gasteiger partial charge is 0.124 e. The minimum absolute atomic E-state index is 0.144. The van der Waals surface area contributed by atoms with Crippen molar-refractivity contribution in [2.45, 2.75) is 31.8 Å². The Bertz CT molecular complexity index is 407. The van der Waals surface area contributed by atoms with Crippen LogP contribution in [0.1, 0.15) is 31.4 Å². The van der Waals surface area contributed by atoms with Crippen LogP contribution in [0.3, 0.4) is 0 Å². The Labute approximate surface area is 113 Å². The molecule has 0 saturated heterocycles. The monoisotopic (exact) mass is 270 g/mol. The molecule has 1 N–H and O–H groups in total. The van der Waals surface area contributed by atoms with Gasteiger partial charge in [-0.15, -0.1) is 0 Å². The lowest BCUT2D eigenvalue weighted by atomic mass is 10.1. The van der Waals surface area contributed by atoms with Crippen molar-refractivity contribution in [3.05, 3.63) is 34.6 Å². The van der Waals surface area contributed by atoms with Crippen molar-refractivity contribution in [2.24, 2.45) is 0 Å². The van der Waals surface area contributed by atoms with Gasteiger partial charge in [0.05, 0.1) is 0 Å². The predicted octanol–water partition coefficient (Wildman–Crippen LogP) is 3.22. The van der Waals surface area contributed by atoms with Crippen molar-refractivity contribution in [1.29, 1.82) is 0 Å². The van der Waals surface area contributed by atoms with Gasteiger partial charge in [-0.25, -0.2) is 4.39 Å².